The van der Waals surface area contributed by atoms with Crippen molar-refractivity contribution in [2.24, 2.45) is 0 Å². The Morgan fingerprint density at radius 1 is 1.21 bits per heavy atom. The molecular weight excluding hydrogens is 312 g/mol. The van der Waals surface area contributed by atoms with E-state index in [4.69, 9.17) is 4.52 Å². The number of amides is 2. The lowest BCUT2D eigenvalue weighted by Crippen LogP contribution is -2.46. The number of hydrogen-bond acceptors (Lipinski definition) is 7. The van der Waals surface area contributed by atoms with Gasteiger partial charge in [0.2, 0.25) is 6.41 Å². The van der Waals surface area contributed by atoms with Crippen molar-refractivity contribution in [3.05, 3.63) is 29.4 Å². The molecule has 1 N–H and O–H groups in total. The molecule has 2 amide bonds. The molecule has 126 valence electrons. The number of nitrogens with zero attached hydrogens (tertiary/aromatic N) is 5. The molecular formula is C15H18N6O3. The number of carbonyl (C=O) groups is 2. The van der Waals surface area contributed by atoms with Crippen LogP contribution in [-0.4, -0.2) is 58.5 Å². The summed E-state index contributed by atoms with van der Waals surface area (Å²) < 4.78 is 4.93. The monoisotopic (exact) mass is 330 g/mol. The molecule has 0 radical (unpaired) electrons. The fourth-order valence-corrected chi connectivity index (χ4v) is 2.49. The maximum Gasteiger partial charge on any atom is 0.275 e. The summed E-state index contributed by atoms with van der Waals surface area (Å²) in [6.07, 6.45) is 0.849. The van der Waals surface area contributed by atoms with Crippen LogP contribution in [-0.2, 0) is 4.79 Å². The largest absolute Gasteiger partial charge is 0.360 e. The topological polar surface area (TPSA) is 104 Å². The van der Waals surface area contributed by atoms with E-state index in [0.717, 1.165) is 6.41 Å². The van der Waals surface area contributed by atoms with E-state index in [9.17, 15) is 9.59 Å². The Labute approximate surface area is 138 Å². The number of aryl methyl sites for hydroxylation is 2. The van der Waals surface area contributed by atoms with Crippen molar-refractivity contribution in [3.63, 3.8) is 0 Å². The van der Waals surface area contributed by atoms with Crippen molar-refractivity contribution in [1.29, 1.82) is 0 Å². The van der Waals surface area contributed by atoms with Crippen molar-refractivity contribution in [1.82, 2.24) is 20.0 Å². The van der Waals surface area contributed by atoms with Crippen molar-refractivity contribution >= 4 is 24.0 Å². The van der Waals surface area contributed by atoms with Gasteiger partial charge in [0.25, 0.3) is 5.91 Å². The number of piperazine rings is 1. The first-order valence-electron chi connectivity index (χ1n) is 7.60. The van der Waals surface area contributed by atoms with Gasteiger partial charge in [0, 0.05) is 38.3 Å². The molecule has 1 fully saturated rings. The summed E-state index contributed by atoms with van der Waals surface area (Å²) in [6, 6.07) is 3.28. The maximum absolute atomic E-state index is 12.4. The lowest BCUT2D eigenvalue weighted by atomic mass is 10.3. The molecule has 1 saturated heterocycles. The minimum Gasteiger partial charge on any atom is -0.360 e. The van der Waals surface area contributed by atoms with E-state index in [-0.39, 0.29) is 11.6 Å². The number of nitrogens with one attached hydrogen (secondary N) is 1. The Morgan fingerprint density at radius 3 is 2.58 bits per heavy atom. The zero-order chi connectivity index (χ0) is 17.1. The number of aromatic nitrogens is 3. The highest BCUT2D eigenvalue weighted by molar-refractivity contribution is 6.02. The molecule has 0 bridgehead atoms. The average Bonchev–Trinajstić information content (AvgIpc) is 2.99. The summed E-state index contributed by atoms with van der Waals surface area (Å²) in [7, 11) is 0. The SMILES string of the molecule is Cc1nc(C(=O)Nc2cc(C)on2)cc(N2CCN(C=O)CC2)n1. The second-order valence-corrected chi connectivity index (χ2v) is 5.56. The summed E-state index contributed by atoms with van der Waals surface area (Å²) in [5.41, 5.74) is 0.260. The molecule has 9 nitrogen and oxygen atoms in total. The highest BCUT2D eigenvalue weighted by atomic mass is 16.5. The Morgan fingerprint density at radius 2 is 1.96 bits per heavy atom. The van der Waals surface area contributed by atoms with Gasteiger partial charge < -0.3 is 19.6 Å². The van der Waals surface area contributed by atoms with Gasteiger partial charge in [-0.3, -0.25) is 9.59 Å². The zero-order valence-electron chi connectivity index (χ0n) is 13.5. The highest BCUT2D eigenvalue weighted by Crippen LogP contribution is 2.16. The van der Waals surface area contributed by atoms with Gasteiger partial charge in [-0.05, 0) is 13.8 Å². The third-order valence-electron chi connectivity index (χ3n) is 3.71. The first-order valence-corrected chi connectivity index (χ1v) is 7.60. The molecule has 0 spiro atoms. The van der Waals surface area contributed by atoms with Gasteiger partial charge in [-0.15, -0.1) is 0 Å². The molecule has 0 aromatic carbocycles. The zero-order valence-corrected chi connectivity index (χ0v) is 13.5. The molecule has 0 saturated carbocycles. The standard InChI is InChI=1S/C15H18N6O3/c1-10-7-13(19-24-10)18-15(23)12-8-14(17-11(2)16-12)21-5-3-20(9-22)4-6-21/h7-9H,3-6H2,1-2H3,(H,18,19,23). The summed E-state index contributed by atoms with van der Waals surface area (Å²) >= 11 is 0. The van der Waals surface area contributed by atoms with E-state index in [2.05, 4.69) is 20.4 Å². The molecule has 0 aliphatic carbocycles. The van der Waals surface area contributed by atoms with Crippen LogP contribution >= 0.6 is 0 Å². The van der Waals surface area contributed by atoms with Crippen molar-refractivity contribution in [2.75, 3.05) is 36.4 Å². The summed E-state index contributed by atoms with van der Waals surface area (Å²) in [6.45, 7) is 6.08. The van der Waals surface area contributed by atoms with Gasteiger partial charge in [-0.1, -0.05) is 5.16 Å². The van der Waals surface area contributed by atoms with Crippen LogP contribution in [0, 0.1) is 13.8 Å². The molecule has 3 heterocycles. The predicted octanol–water partition coefficient (Wildman–Crippen LogP) is 0.612. The van der Waals surface area contributed by atoms with Gasteiger partial charge in [0.1, 0.15) is 23.1 Å². The molecule has 1 aliphatic rings. The smallest absolute Gasteiger partial charge is 0.275 e. The van der Waals surface area contributed by atoms with Gasteiger partial charge in [0.15, 0.2) is 5.82 Å². The summed E-state index contributed by atoms with van der Waals surface area (Å²) in [4.78, 5) is 35.5. The van der Waals surface area contributed by atoms with Crippen molar-refractivity contribution in [2.45, 2.75) is 13.8 Å². The summed E-state index contributed by atoms with van der Waals surface area (Å²) in [5.74, 6) is 1.76. The van der Waals surface area contributed by atoms with Crippen LogP contribution in [0.1, 0.15) is 22.1 Å². The predicted molar refractivity (Wildman–Crippen MR) is 85.8 cm³/mol. The Hall–Kier alpha value is -2.97. The van der Waals surface area contributed by atoms with E-state index < -0.39 is 0 Å². The minimum atomic E-state index is -0.374. The van der Waals surface area contributed by atoms with Gasteiger partial charge in [0.05, 0.1) is 0 Å². The van der Waals surface area contributed by atoms with Crippen LogP contribution in [0.2, 0.25) is 0 Å². The Balaban J connectivity index is 1.76. The third kappa shape index (κ3) is 3.50. The minimum absolute atomic E-state index is 0.260. The van der Waals surface area contributed by atoms with Crippen LogP contribution in [0.4, 0.5) is 11.6 Å². The molecule has 2 aromatic rings. The van der Waals surface area contributed by atoms with E-state index in [1.807, 2.05) is 4.90 Å². The van der Waals surface area contributed by atoms with E-state index in [0.29, 0.717) is 49.4 Å². The lowest BCUT2D eigenvalue weighted by molar-refractivity contribution is -0.118. The molecule has 0 atom stereocenters. The average molecular weight is 330 g/mol. The van der Waals surface area contributed by atoms with Crippen LogP contribution in [0.15, 0.2) is 16.7 Å². The molecule has 2 aromatic heterocycles. The number of anilines is 2. The molecule has 1 aliphatic heterocycles. The van der Waals surface area contributed by atoms with Crippen LogP contribution < -0.4 is 10.2 Å². The Bertz CT molecular complexity index is 751. The highest BCUT2D eigenvalue weighted by Gasteiger charge is 2.19. The van der Waals surface area contributed by atoms with Crippen LogP contribution in [0.25, 0.3) is 0 Å². The van der Waals surface area contributed by atoms with Gasteiger partial charge in [-0.2, -0.15) is 0 Å². The molecule has 3 rings (SSSR count). The number of rotatable bonds is 4. The van der Waals surface area contributed by atoms with E-state index in [1.54, 1.807) is 30.9 Å². The third-order valence-corrected chi connectivity index (χ3v) is 3.71. The van der Waals surface area contributed by atoms with E-state index in [1.165, 1.54) is 0 Å². The number of carbonyl (C=O) groups excluding carboxylic acids is 2. The first-order chi connectivity index (χ1) is 11.5. The van der Waals surface area contributed by atoms with E-state index >= 15 is 0 Å². The molecule has 24 heavy (non-hydrogen) atoms. The van der Waals surface area contributed by atoms with Gasteiger partial charge in [-0.25, -0.2) is 9.97 Å². The molecule has 9 heteroatoms. The maximum atomic E-state index is 12.4. The second-order valence-electron chi connectivity index (χ2n) is 5.56. The lowest BCUT2D eigenvalue weighted by Gasteiger charge is -2.33. The van der Waals surface area contributed by atoms with Crippen LogP contribution in [0.3, 0.4) is 0 Å². The van der Waals surface area contributed by atoms with Crippen LogP contribution in [0.5, 0.6) is 0 Å². The van der Waals surface area contributed by atoms with Crippen molar-refractivity contribution < 1.29 is 14.1 Å². The fraction of sp³-hybridized carbons (Fsp3) is 0.400. The first kappa shape index (κ1) is 15.9. The number of hydrogen-bond donors (Lipinski definition) is 1. The summed E-state index contributed by atoms with van der Waals surface area (Å²) in [5, 5.41) is 6.38. The Kier molecular flexibility index (Phi) is 4.41. The molecule has 0 unspecified atom stereocenters. The quantitative estimate of drug-likeness (QED) is 0.819. The van der Waals surface area contributed by atoms with Crippen molar-refractivity contribution in [3.8, 4) is 0 Å². The second kappa shape index (κ2) is 6.65. The van der Waals surface area contributed by atoms with Gasteiger partial charge >= 0.3 is 0 Å². The fourth-order valence-electron chi connectivity index (χ4n) is 2.49. The normalized spacial score (nSPS) is 14.6.